The van der Waals surface area contributed by atoms with E-state index in [4.69, 9.17) is 4.74 Å². The van der Waals surface area contributed by atoms with Gasteiger partial charge in [0.25, 0.3) is 0 Å². The topological polar surface area (TPSA) is 37.4 Å². The van der Waals surface area contributed by atoms with E-state index in [9.17, 15) is 0 Å². The molecule has 4 nitrogen and oxygen atoms in total. The van der Waals surface area contributed by atoms with Crippen molar-refractivity contribution in [3.8, 4) is 0 Å². The van der Waals surface area contributed by atoms with E-state index in [-0.39, 0.29) is 0 Å². The predicted molar refractivity (Wildman–Crippen MR) is 84.5 cm³/mol. The second-order valence-corrected chi connectivity index (χ2v) is 5.43. The summed E-state index contributed by atoms with van der Waals surface area (Å²) in [6.07, 6.45) is 7.07. The van der Waals surface area contributed by atoms with Crippen LogP contribution in [0.4, 0.5) is 11.5 Å². The standard InChI is InChI=1S/C16H27N3O/c1-4-19(5-2)16-11-8-14(12-17-16)18-13-6-9-15(20-3)10-7-13/h8,11-13,15,18H,4-7,9-10H2,1-3H3. The highest BCUT2D eigenvalue weighted by Gasteiger charge is 2.20. The van der Waals surface area contributed by atoms with Crippen LogP contribution in [0.2, 0.25) is 0 Å². The Hall–Kier alpha value is -1.29. The molecule has 0 radical (unpaired) electrons. The number of anilines is 2. The molecule has 0 amide bonds. The van der Waals surface area contributed by atoms with E-state index in [1.807, 2.05) is 13.3 Å². The zero-order valence-corrected chi connectivity index (χ0v) is 12.9. The van der Waals surface area contributed by atoms with E-state index < -0.39 is 0 Å². The number of pyridine rings is 1. The summed E-state index contributed by atoms with van der Waals surface area (Å²) >= 11 is 0. The van der Waals surface area contributed by atoms with Gasteiger partial charge in [-0.15, -0.1) is 0 Å². The van der Waals surface area contributed by atoms with Gasteiger partial charge >= 0.3 is 0 Å². The molecule has 1 N–H and O–H groups in total. The molecule has 2 rings (SSSR count). The third kappa shape index (κ3) is 3.85. The van der Waals surface area contributed by atoms with Crippen molar-refractivity contribution in [2.75, 3.05) is 30.4 Å². The van der Waals surface area contributed by atoms with E-state index in [0.717, 1.165) is 37.4 Å². The number of aromatic nitrogens is 1. The van der Waals surface area contributed by atoms with Gasteiger partial charge in [-0.05, 0) is 51.7 Å². The summed E-state index contributed by atoms with van der Waals surface area (Å²) in [5, 5.41) is 3.59. The maximum Gasteiger partial charge on any atom is 0.128 e. The molecule has 0 saturated heterocycles. The van der Waals surface area contributed by atoms with Gasteiger partial charge in [0.2, 0.25) is 0 Å². The zero-order chi connectivity index (χ0) is 14.4. The summed E-state index contributed by atoms with van der Waals surface area (Å²) in [6, 6.07) is 4.81. The van der Waals surface area contributed by atoms with Gasteiger partial charge in [-0.1, -0.05) is 0 Å². The molecule has 1 aliphatic carbocycles. The Morgan fingerprint density at radius 2 is 1.90 bits per heavy atom. The van der Waals surface area contributed by atoms with E-state index in [0.29, 0.717) is 12.1 Å². The van der Waals surface area contributed by atoms with E-state index in [1.54, 1.807) is 0 Å². The molecule has 0 bridgehead atoms. The smallest absolute Gasteiger partial charge is 0.128 e. The molecule has 0 atom stereocenters. The van der Waals surface area contributed by atoms with E-state index in [1.165, 1.54) is 12.8 Å². The van der Waals surface area contributed by atoms with Crippen molar-refractivity contribution < 1.29 is 4.74 Å². The van der Waals surface area contributed by atoms with Gasteiger partial charge in [0.15, 0.2) is 0 Å². The van der Waals surface area contributed by atoms with Gasteiger partial charge in [0.1, 0.15) is 5.82 Å². The lowest BCUT2D eigenvalue weighted by atomic mass is 9.93. The van der Waals surface area contributed by atoms with Gasteiger partial charge in [-0.3, -0.25) is 0 Å². The monoisotopic (exact) mass is 277 g/mol. The fraction of sp³-hybridized carbons (Fsp3) is 0.688. The number of hydrogen-bond acceptors (Lipinski definition) is 4. The molecular weight excluding hydrogens is 250 g/mol. The fourth-order valence-corrected chi connectivity index (χ4v) is 2.88. The van der Waals surface area contributed by atoms with Crippen LogP contribution in [0.15, 0.2) is 18.3 Å². The van der Waals surface area contributed by atoms with Crippen LogP contribution in [-0.4, -0.2) is 37.3 Å². The van der Waals surface area contributed by atoms with Gasteiger partial charge in [0.05, 0.1) is 18.0 Å². The molecule has 1 aromatic heterocycles. The fourth-order valence-electron chi connectivity index (χ4n) is 2.88. The highest BCUT2D eigenvalue weighted by molar-refractivity contribution is 5.49. The predicted octanol–water partition coefficient (Wildman–Crippen LogP) is 3.30. The lowest BCUT2D eigenvalue weighted by molar-refractivity contribution is 0.0682. The van der Waals surface area contributed by atoms with Crippen LogP contribution in [-0.2, 0) is 4.74 Å². The minimum Gasteiger partial charge on any atom is -0.381 e. The van der Waals surface area contributed by atoms with Crippen LogP contribution in [0, 0.1) is 0 Å². The van der Waals surface area contributed by atoms with E-state index >= 15 is 0 Å². The van der Waals surface area contributed by atoms with E-state index in [2.05, 4.69) is 41.2 Å². The Morgan fingerprint density at radius 3 is 2.40 bits per heavy atom. The normalized spacial score (nSPS) is 22.6. The van der Waals surface area contributed by atoms with Gasteiger partial charge in [-0.25, -0.2) is 4.98 Å². The Kier molecular flexibility index (Phi) is 5.65. The maximum atomic E-state index is 5.41. The first-order valence-electron chi connectivity index (χ1n) is 7.77. The Morgan fingerprint density at radius 1 is 1.20 bits per heavy atom. The lowest BCUT2D eigenvalue weighted by Gasteiger charge is -2.29. The number of hydrogen-bond donors (Lipinski definition) is 1. The average Bonchev–Trinajstić information content (AvgIpc) is 2.51. The molecule has 0 aromatic carbocycles. The minimum absolute atomic E-state index is 0.455. The Bertz CT molecular complexity index is 381. The molecule has 1 heterocycles. The molecule has 20 heavy (non-hydrogen) atoms. The molecule has 1 fully saturated rings. The van der Waals surface area contributed by atoms with Crippen molar-refractivity contribution in [1.82, 2.24) is 4.98 Å². The van der Waals surface area contributed by atoms with Gasteiger partial charge < -0.3 is 15.0 Å². The molecule has 1 aliphatic rings. The molecule has 112 valence electrons. The largest absolute Gasteiger partial charge is 0.381 e. The van der Waals surface area contributed by atoms with Crippen molar-refractivity contribution >= 4 is 11.5 Å². The molecule has 0 unspecified atom stereocenters. The summed E-state index contributed by atoms with van der Waals surface area (Å²) in [5.41, 5.74) is 1.13. The second-order valence-electron chi connectivity index (χ2n) is 5.43. The zero-order valence-electron chi connectivity index (χ0n) is 12.9. The summed E-state index contributed by atoms with van der Waals surface area (Å²) < 4.78 is 5.41. The first kappa shape index (κ1) is 15.1. The van der Waals surface area contributed by atoms with Crippen LogP contribution in [0.3, 0.4) is 0 Å². The first-order chi connectivity index (χ1) is 9.76. The molecule has 0 aliphatic heterocycles. The van der Waals surface area contributed by atoms with Crippen LogP contribution >= 0.6 is 0 Å². The highest BCUT2D eigenvalue weighted by atomic mass is 16.5. The molecule has 1 aromatic rings. The minimum atomic E-state index is 0.455. The van der Waals surface area contributed by atoms with Crippen molar-refractivity contribution in [2.24, 2.45) is 0 Å². The van der Waals surface area contributed by atoms with Crippen molar-refractivity contribution in [3.05, 3.63) is 18.3 Å². The molecule has 0 spiro atoms. The SMILES string of the molecule is CCN(CC)c1ccc(NC2CCC(OC)CC2)cn1. The number of nitrogens with zero attached hydrogens (tertiary/aromatic N) is 2. The van der Waals surface area contributed by atoms with Crippen molar-refractivity contribution in [2.45, 2.75) is 51.7 Å². The number of nitrogens with one attached hydrogen (secondary N) is 1. The van der Waals surface area contributed by atoms with Crippen LogP contribution in [0.25, 0.3) is 0 Å². The molecule has 1 saturated carbocycles. The molecule has 4 heteroatoms. The molecular formula is C16H27N3O. The highest BCUT2D eigenvalue weighted by Crippen LogP contribution is 2.24. The van der Waals surface area contributed by atoms with Gasteiger partial charge in [-0.2, -0.15) is 0 Å². The average molecular weight is 277 g/mol. The lowest BCUT2D eigenvalue weighted by Crippen LogP contribution is -2.29. The Balaban J connectivity index is 1.88. The summed E-state index contributed by atoms with van der Waals surface area (Å²) in [5.74, 6) is 1.06. The second kappa shape index (κ2) is 7.48. The van der Waals surface area contributed by atoms with Crippen LogP contribution < -0.4 is 10.2 Å². The third-order valence-corrected chi connectivity index (χ3v) is 4.21. The quantitative estimate of drug-likeness (QED) is 0.865. The van der Waals surface area contributed by atoms with Crippen LogP contribution in [0.1, 0.15) is 39.5 Å². The summed E-state index contributed by atoms with van der Waals surface area (Å²) in [4.78, 5) is 6.81. The van der Waals surface area contributed by atoms with Crippen LogP contribution in [0.5, 0.6) is 0 Å². The maximum absolute atomic E-state index is 5.41. The van der Waals surface area contributed by atoms with Crippen molar-refractivity contribution in [3.63, 3.8) is 0 Å². The first-order valence-corrected chi connectivity index (χ1v) is 7.77. The number of rotatable bonds is 6. The number of methoxy groups -OCH3 is 1. The van der Waals surface area contributed by atoms with Gasteiger partial charge in [0, 0.05) is 26.2 Å². The number of ether oxygens (including phenoxy) is 1. The van der Waals surface area contributed by atoms with Crippen molar-refractivity contribution in [1.29, 1.82) is 0 Å². The Labute approximate surface area is 122 Å². The summed E-state index contributed by atoms with van der Waals surface area (Å²) in [7, 11) is 1.81. The third-order valence-electron chi connectivity index (χ3n) is 4.21. The summed E-state index contributed by atoms with van der Waals surface area (Å²) in [6.45, 7) is 6.31.